The Balaban J connectivity index is 1.74. The molecule has 0 unspecified atom stereocenters. The fourth-order valence-corrected chi connectivity index (χ4v) is 4.51. The Morgan fingerprint density at radius 3 is 1.70 bits per heavy atom. The first kappa shape index (κ1) is 19.0. The molecule has 5 aromatic rings. The van der Waals surface area contributed by atoms with Gasteiger partial charge < -0.3 is 14.2 Å². The number of anilines is 2. The van der Waals surface area contributed by atoms with Gasteiger partial charge in [0.15, 0.2) is 0 Å². The first-order valence-corrected chi connectivity index (χ1v) is 10.2. The third-order valence-corrected chi connectivity index (χ3v) is 5.96. The van der Waals surface area contributed by atoms with Crippen LogP contribution in [0.3, 0.4) is 0 Å². The van der Waals surface area contributed by atoms with Crippen molar-refractivity contribution in [1.82, 2.24) is 0 Å². The molecule has 0 saturated heterocycles. The van der Waals surface area contributed by atoms with Crippen molar-refractivity contribution in [2.24, 2.45) is 0 Å². The van der Waals surface area contributed by atoms with Crippen LogP contribution in [0, 0.1) is 10.1 Å². The third-order valence-electron chi connectivity index (χ3n) is 5.96. The molecule has 1 aliphatic heterocycles. The van der Waals surface area contributed by atoms with Gasteiger partial charge in [0.2, 0.25) is 0 Å². The lowest BCUT2D eigenvalue weighted by molar-refractivity contribution is -0.384. The smallest absolute Gasteiger partial charge is 0.342 e. The minimum absolute atomic E-state index is 0.0933. The van der Waals surface area contributed by atoms with Gasteiger partial charge in [0.1, 0.15) is 11.2 Å². The van der Waals surface area contributed by atoms with Crippen molar-refractivity contribution in [3.63, 3.8) is 0 Å². The summed E-state index contributed by atoms with van der Waals surface area (Å²) in [5.74, 6) is -0.834. The number of nitrogens with zero attached hydrogens (tertiary/aromatic N) is 1. The van der Waals surface area contributed by atoms with E-state index in [2.05, 4.69) is 5.32 Å². The number of nitro benzene ring substituents is 1. The molecule has 8 nitrogen and oxygen atoms in total. The average Bonchev–Trinajstić information content (AvgIpc) is 2.83. The minimum atomic E-state index is -0.834. The quantitative estimate of drug-likeness (QED) is 0.229. The van der Waals surface area contributed by atoms with Crippen LogP contribution in [-0.4, -0.2) is 4.92 Å². The summed E-state index contributed by atoms with van der Waals surface area (Å²) in [5.41, 5.74) is 1.63. The lowest BCUT2D eigenvalue weighted by Gasteiger charge is -2.29. The number of hydrogen-bond donors (Lipinski definition) is 1. The Morgan fingerprint density at radius 1 is 0.727 bits per heavy atom. The van der Waals surface area contributed by atoms with Gasteiger partial charge in [-0.15, -0.1) is 0 Å². The molecular formula is C25H14N2O6. The van der Waals surface area contributed by atoms with E-state index in [1.165, 1.54) is 12.1 Å². The predicted octanol–water partition coefficient (Wildman–Crippen LogP) is 5.04. The van der Waals surface area contributed by atoms with Crippen molar-refractivity contribution in [3.05, 3.63) is 120 Å². The summed E-state index contributed by atoms with van der Waals surface area (Å²) >= 11 is 0. The molecule has 0 amide bonds. The fraction of sp³-hybridized carbons (Fsp3) is 0.0400. The maximum atomic E-state index is 13.2. The maximum Gasteiger partial charge on any atom is 0.342 e. The third kappa shape index (κ3) is 2.77. The lowest BCUT2D eigenvalue weighted by atomic mass is 9.81. The summed E-state index contributed by atoms with van der Waals surface area (Å²) in [5, 5.41) is 15.8. The van der Waals surface area contributed by atoms with Crippen molar-refractivity contribution in [2.45, 2.75) is 5.92 Å². The highest BCUT2D eigenvalue weighted by Gasteiger charge is 2.36. The summed E-state index contributed by atoms with van der Waals surface area (Å²) in [6, 6.07) is 20.1. The zero-order chi connectivity index (χ0) is 22.7. The van der Waals surface area contributed by atoms with Crippen molar-refractivity contribution in [1.29, 1.82) is 0 Å². The van der Waals surface area contributed by atoms with Gasteiger partial charge in [-0.25, -0.2) is 9.59 Å². The van der Waals surface area contributed by atoms with Gasteiger partial charge in [-0.05, 0) is 29.8 Å². The molecule has 0 fully saturated rings. The molecule has 0 bridgehead atoms. The molecule has 160 valence electrons. The first-order chi connectivity index (χ1) is 16.0. The molecule has 0 aliphatic carbocycles. The van der Waals surface area contributed by atoms with E-state index in [0.29, 0.717) is 38.9 Å². The van der Waals surface area contributed by atoms with Crippen LogP contribution < -0.4 is 16.6 Å². The second-order valence-electron chi connectivity index (χ2n) is 7.76. The Morgan fingerprint density at radius 2 is 1.21 bits per heavy atom. The largest absolute Gasteiger partial charge is 0.422 e. The monoisotopic (exact) mass is 438 g/mol. The highest BCUT2D eigenvalue weighted by molar-refractivity contribution is 6.02. The molecule has 33 heavy (non-hydrogen) atoms. The van der Waals surface area contributed by atoms with Crippen molar-refractivity contribution < 1.29 is 13.8 Å². The van der Waals surface area contributed by atoms with E-state index in [1.54, 1.807) is 36.4 Å². The second kappa shape index (κ2) is 6.89. The van der Waals surface area contributed by atoms with Gasteiger partial charge in [0, 0.05) is 22.9 Å². The molecule has 0 saturated carbocycles. The zero-order valence-corrected chi connectivity index (χ0v) is 16.9. The van der Waals surface area contributed by atoms with Gasteiger partial charge in [-0.3, -0.25) is 10.1 Å². The highest BCUT2D eigenvalue weighted by atomic mass is 16.6. The number of nitro groups is 1. The van der Waals surface area contributed by atoms with E-state index < -0.39 is 22.1 Å². The van der Waals surface area contributed by atoms with E-state index in [9.17, 15) is 19.7 Å². The number of fused-ring (bicyclic) bond motifs is 6. The molecule has 6 rings (SSSR count). The maximum absolute atomic E-state index is 13.2. The van der Waals surface area contributed by atoms with Crippen LogP contribution >= 0.6 is 0 Å². The number of non-ortho nitro benzene ring substituents is 1. The van der Waals surface area contributed by atoms with Gasteiger partial charge in [0.05, 0.1) is 33.3 Å². The summed E-state index contributed by atoms with van der Waals surface area (Å²) < 4.78 is 11.2. The summed E-state index contributed by atoms with van der Waals surface area (Å²) in [6.45, 7) is 0. The van der Waals surface area contributed by atoms with Crippen LogP contribution in [0.5, 0.6) is 0 Å². The molecule has 0 atom stereocenters. The summed E-state index contributed by atoms with van der Waals surface area (Å²) in [6.07, 6.45) is 0. The molecule has 1 aliphatic rings. The van der Waals surface area contributed by atoms with Crippen LogP contribution in [-0.2, 0) is 0 Å². The van der Waals surface area contributed by atoms with Crippen molar-refractivity contribution in [3.8, 4) is 0 Å². The standard InChI is InChI=1S/C25H14N2O6/c28-24-20-19(13-9-11-14(12-10-13)27(30)31)21-23(16-6-2-4-8-18(16)33-25(21)29)26-22(20)15-5-1-3-7-17(15)32-24/h1-12,19,26H. The van der Waals surface area contributed by atoms with E-state index in [1.807, 2.05) is 24.3 Å². The van der Waals surface area contributed by atoms with E-state index in [0.717, 1.165) is 0 Å². The van der Waals surface area contributed by atoms with Crippen LogP contribution in [0.2, 0.25) is 0 Å². The van der Waals surface area contributed by atoms with Crippen LogP contribution in [0.15, 0.2) is 91.2 Å². The Bertz CT molecular complexity index is 1620. The van der Waals surface area contributed by atoms with E-state index >= 15 is 0 Å². The van der Waals surface area contributed by atoms with Crippen LogP contribution in [0.4, 0.5) is 17.1 Å². The number of para-hydroxylation sites is 2. The van der Waals surface area contributed by atoms with Crippen LogP contribution in [0.1, 0.15) is 22.6 Å². The van der Waals surface area contributed by atoms with E-state index in [4.69, 9.17) is 8.83 Å². The number of nitrogens with one attached hydrogen (secondary N) is 1. The first-order valence-electron chi connectivity index (χ1n) is 10.2. The Labute approximate surface area is 184 Å². The molecule has 8 heteroatoms. The van der Waals surface area contributed by atoms with Gasteiger partial charge >= 0.3 is 11.3 Å². The van der Waals surface area contributed by atoms with Gasteiger partial charge in [0.25, 0.3) is 5.69 Å². The van der Waals surface area contributed by atoms with Crippen LogP contribution in [0.25, 0.3) is 21.9 Å². The molecule has 2 aromatic heterocycles. The Kier molecular flexibility index (Phi) is 3.97. The van der Waals surface area contributed by atoms with Gasteiger partial charge in [-0.2, -0.15) is 0 Å². The summed E-state index contributed by atoms with van der Waals surface area (Å²) in [7, 11) is 0. The Hall–Kier alpha value is -4.72. The topological polar surface area (TPSA) is 116 Å². The van der Waals surface area contributed by atoms with E-state index in [-0.39, 0.29) is 16.8 Å². The molecular weight excluding hydrogens is 424 g/mol. The number of rotatable bonds is 2. The SMILES string of the molecule is O=c1oc2ccccc2c2c1C(c1ccc([N+](=O)[O-])cc1)c1c(c3ccccc3oc1=O)N2. The second-order valence-corrected chi connectivity index (χ2v) is 7.76. The van der Waals surface area contributed by atoms with Crippen molar-refractivity contribution >= 4 is 39.0 Å². The molecule has 0 radical (unpaired) electrons. The molecule has 1 N–H and O–H groups in total. The fourth-order valence-electron chi connectivity index (χ4n) is 4.51. The van der Waals surface area contributed by atoms with Crippen molar-refractivity contribution in [2.75, 3.05) is 5.32 Å². The average molecular weight is 438 g/mol. The lowest BCUT2D eigenvalue weighted by Crippen LogP contribution is -2.27. The zero-order valence-electron chi connectivity index (χ0n) is 16.9. The molecule has 0 spiro atoms. The molecule has 3 heterocycles. The molecule has 3 aromatic carbocycles. The predicted molar refractivity (Wildman–Crippen MR) is 122 cm³/mol. The summed E-state index contributed by atoms with van der Waals surface area (Å²) in [4.78, 5) is 37.0. The van der Waals surface area contributed by atoms with Gasteiger partial charge in [-0.1, -0.05) is 36.4 Å². The highest BCUT2D eigenvalue weighted by Crippen LogP contribution is 2.46. The normalized spacial score (nSPS) is 12.8. The minimum Gasteiger partial charge on any atom is -0.422 e. The number of benzene rings is 3. The number of hydrogen-bond acceptors (Lipinski definition) is 7.